The predicted molar refractivity (Wildman–Crippen MR) is 117 cm³/mol. The maximum absolute atomic E-state index is 13.1. The Balaban J connectivity index is 1.51. The number of aromatic amines is 1. The lowest BCUT2D eigenvalue weighted by molar-refractivity contribution is 0.0763. The van der Waals surface area contributed by atoms with E-state index >= 15 is 0 Å². The number of hydrogen-bond donors (Lipinski definition) is 2. The molecule has 30 heavy (non-hydrogen) atoms. The Morgan fingerprint density at radius 1 is 1.17 bits per heavy atom. The summed E-state index contributed by atoms with van der Waals surface area (Å²) in [6.45, 7) is 1.06. The van der Waals surface area contributed by atoms with Crippen molar-refractivity contribution in [3.8, 4) is 5.75 Å². The number of nitrogens with one attached hydrogen (secondary N) is 1. The molecule has 3 aromatic rings. The van der Waals surface area contributed by atoms with Crippen molar-refractivity contribution in [1.82, 2.24) is 9.88 Å². The molecule has 5 rings (SSSR count). The number of carbonyl (C=O) groups is 1. The van der Waals surface area contributed by atoms with E-state index in [2.05, 4.69) is 4.98 Å². The van der Waals surface area contributed by atoms with Gasteiger partial charge in [0.2, 0.25) is 0 Å². The van der Waals surface area contributed by atoms with Crippen LogP contribution in [0.15, 0.2) is 42.5 Å². The maximum atomic E-state index is 13.1. The number of H-pyrrole nitrogens is 1. The molecule has 1 saturated carbocycles. The van der Waals surface area contributed by atoms with Crippen molar-refractivity contribution < 1.29 is 14.6 Å². The summed E-state index contributed by atoms with van der Waals surface area (Å²) < 4.78 is 5.75. The third-order valence-electron chi connectivity index (χ3n) is 6.45. The molecule has 2 N–H and O–H groups in total. The molecule has 2 aliphatic rings. The average Bonchev–Trinajstić information content (AvgIpc) is 3.39. The van der Waals surface area contributed by atoms with E-state index in [1.165, 1.54) is 18.4 Å². The zero-order valence-electron chi connectivity index (χ0n) is 16.7. The smallest absolute Gasteiger partial charge is 0.410 e. The first-order valence-corrected chi connectivity index (χ1v) is 11.0. The fourth-order valence-corrected chi connectivity index (χ4v) is 5.08. The summed E-state index contributed by atoms with van der Waals surface area (Å²) >= 11 is 6.25. The van der Waals surface area contributed by atoms with Gasteiger partial charge in [-0.1, -0.05) is 36.6 Å². The van der Waals surface area contributed by atoms with Crippen LogP contribution in [0.1, 0.15) is 48.5 Å². The van der Waals surface area contributed by atoms with E-state index in [9.17, 15) is 9.90 Å². The molecule has 0 spiro atoms. The quantitative estimate of drug-likeness (QED) is 0.558. The number of nitrogens with zero attached hydrogens (tertiary/aromatic N) is 1. The Labute approximate surface area is 180 Å². The second-order valence-electron chi connectivity index (χ2n) is 8.37. The Morgan fingerprint density at radius 3 is 2.70 bits per heavy atom. The van der Waals surface area contributed by atoms with Crippen LogP contribution in [0.4, 0.5) is 4.79 Å². The molecule has 6 heteroatoms. The molecular weight excluding hydrogens is 400 g/mol. The molecule has 5 nitrogen and oxygen atoms in total. The van der Waals surface area contributed by atoms with Crippen LogP contribution < -0.4 is 0 Å². The van der Waals surface area contributed by atoms with Crippen LogP contribution in [0.3, 0.4) is 0 Å². The lowest BCUT2D eigenvalue weighted by Gasteiger charge is -2.35. The second-order valence-corrected chi connectivity index (χ2v) is 8.81. The first-order chi connectivity index (χ1) is 14.6. The highest BCUT2D eigenvalue weighted by Gasteiger charge is 2.35. The number of aromatic nitrogens is 1. The van der Waals surface area contributed by atoms with Gasteiger partial charge in [-0.2, -0.15) is 0 Å². The maximum Gasteiger partial charge on any atom is 0.410 e. The van der Waals surface area contributed by atoms with Crippen molar-refractivity contribution >= 4 is 28.6 Å². The Kier molecular flexibility index (Phi) is 5.07. The van der Waals surface area contributed by atoms with Gasteiger partial charge in [0.15, 0.2) is 0 Å². The van der Waals surface area contributed by atoms with Gasteiger partial charge in [-0.3, -0.25) is 4.90 Å². The van der Waals surface area contributed by atoms with E-state index in [-0.39, 0.29) is 17.9 Å². The molecule has 1 atom stereocenters. The summed E-state index contributed by atoms with van der Waals surface area (Å²) in [6, 6.07) is 12.6. The van der Waals surface area contributed by atoms with E-state index in [1.54, 1.807) is 17.0 Å². The molecule has 0 unspecified atom stereocenters. The zero-order chi connectivity index (χ0) is 20.7. The van der Waals surface area contributed by atoms with Gasteiger partial charge in [0.1, 0.15) is 11.8 Å². The summed E-state index contributed by atoms with van der Waals surface area (Å²) in [6.07, 6.45) is 5.19. The van der Waals surface area contributed by atoms with Gasteiger partial charge in [0.25, 0.3) is 0 Å². The Bertz CT molecular complexity index is 1070. The zero-order valence-corrected chi connectivity index (χ0v) is 17.5. The van der Waals surface area contributed by atoms with Crippen molar-refractivity contribution in [2.24, 2.45) is 5.92 Å². The molecule has 156 valence electrons. The number of fused-ring (bicyclic) bond motifs is 3. The summed E-state index contributed by atoms with van der Waals surface area (Å²) in [5.41, 5.74) is 4.12. The largest absolute Gasteiger partial charge is 0.508 e. The fraction of sp³-hybridized carbons (Fsp3) is 0.375. The van der Waals surface area contributed by atoms with Crippen molar-refractivity contribution in [3.63, 3.8) is 0 Å². The van der Waals surface area contributed by atoms with Crippen LogP contribution in [0.25, 0.3) is 10.9 Å². The number of carbonyl (C=O) groups excluding carboxylic acids is 1. The number of hydrogen-bond acceptors (Lipinski definition) is 3. The number of phenolic OH excluding ortho intramolecular Hbond substituents is 1. The molecule has 0 saturated heterocycles. The Hall–Kier alpha value is -2.66. The number of ether oxygens (including phenoxy) is 1. The summed E-state index contributed by atoms with van der Waals surface area (Å²) in [7, 11) is 0. The average molecular weight is 425 g/mol. The van der Waals surface area contributed by atoms with Crippen molar-refractivity contribution in [1.29, 1.82) is 0 Å². The lowest BCUT2D eigenvalue weighted by Crippen LogP contribution is -2.41. The van der Waals surface area contributed by atoms with E-state index in [4.69, 9.17) is 16.3 Å². The third-order valence-corrected chi connectivity index (χ3v) is 6.68. The van der Waals surface area contributed by atoms with Gasteiger partial charge >= 0.3 is 6.09 Å². The topological polar surface area (TPSA) is 65.6 Å². The van der Waals surface area contributed by atoms with Gasteiger partial charge in [0.05, 0.1) is 6.61 Å². The number of rotatable bonds is 3. The molecule has 1 aliphatic heterocycles. The van der Waals surface area contributed by atoms with Crippen LogP contribution in [-0.2, 0) is 11.2 Å². The summed E-state index contributed by atoms with van der Waals surface area (Å²) in [4.78, 5) is 18.4. The minimum atomic E-state index is -0.295. The standard InChI is InChI=1S/C24H25ClN2O3/c25-17-7-10-21-20(13-17)19-11-12-27(24(29)30-14-15-3-1-2-4-15)23(22(19)26-21)16-5-8-18(28)9-6-16/h5-10,13,15,23,26,28H,1-4,11-12,14H2/t23-/m0/s1. The molecule has 1 aliphatic carbocycles. The number of phenols is 1. The molecule has 1 fully saturated rings. The lowest BCUT2D eigenvalue weighted by atomic mass is 9.92. The van der Waals surface area contributed by atoms with Crippen molar-refractivity contribution in [2.75, 3.05) is 13.2 Å². The van der Waals surface area contributed by atoms with Gasteiger partial charge in [-0.15, -0.1) is 0 Å². The SMILES string of the molecule is O=C(OCC1CCCC1)N1CCc2c([nH]c3ccc(Cl)cc23)[C@@H]1c1ccc(O)cc1. The normalized spacial score (nSPS) is 19.2. The molecule has 2 aromatic carbocycles. The van der Waals surface area contributed by atoms with Gasteiger partial charge < -0.3 is 14.8 Å². The second kappa shape index (κ2) is 7.88. The molecule has 1 amide bonds. The van der Waals surface area contributed by atoms with Gasteiger partial charge in [-0.05, 0) is 66.6 Å². The summed E-state index contributed by atoms with van der Waals surface area (Å²) in [5, 5.41) is 11.5. The summed E-state index contributed by atoms with van der Waals surface area (Å²) in [5.74, 6) is 0.685. The van der Waals surface area contributed by atoms with Gasteiger partial charge in [-0.25, -0.2) is 4.79 Å². The monoisotopic (exact) mass is 424 g/mol. The first-order valence-electron chi connectivity index (χ1n) is 10.6. The van der Waals surface area contributed by atoms with E-state index in [0.717, 1.165) is 41.4 Å². The fourth-order valence-electron chi connectivity index (χ4n) is 4.91. The van der Waals surface area contributed by atoms with Crippen LogP contribution in [0.2, 0.25) is 5.02 Å². The van der Waals surface area contributed by atoms with Crippen LogP contribution >= 0.6 is 11.6 Å². The molecular formula is C24H25ClN2O3. The van der Waals surface area contributed by atoms with Crippen molar-refractivity contribution in [3.05, 3.63) is 64.3 Å². The first kappa shape index (κ1) is 19.3. The van der Waals surface area contributed by atoms with Gasteiger partial charge in [0, 0.05) is 28.2 Å². The molecule has 0 bridgehead atoms. The number of amides is 1. The third kappa shape index (κ3) is 3.52. The number of benzene rings is 2. The molecule has 0 radical (unpaired) electrons. The van der Waals surface area contributed by atoms with E-state index in [1.807, 2.05) is 30.3 Å². The highest BCUT2D eigenvalue weighted by Crippen LogP contribution is 2.40. The highest BCUT2D eigenvalue weighted by molar-refractivity contribution is 6.31. The number of aromatic hydroxyl groups is 1. The molecule has 1 aromatic heterocycles. The minimum Gasteiger partial charge on any atom is -0.508 e. The minimum absolute atomic E-state index is 0.202. The highest BCUT2D eigenvalue weighted by atomic mass is 35.5. The van der Waals surface area contributed by atoms with Crippen LogP contribution in [-0.4, -0.2) is 34.2 Å². The predicted octanol–water partition coefficient (Wildman–Crippen LogP) is 5.80. The number of halogens is 1. The van der Waals surface area contributed by atoms with Crippen LogP contribution in [0.5, 0.6) is 5.75 Å². The molecule has 2 heterocycles. The van der Waals surface area contributed by atoms with E-state index < -0.39 is 0 Å². The Morgan fingerprint density at radius 2 is 1.93 bits per heavy atom. The van der Waals surface area contributed by atoms with Crippen molar-refractivity contribution in [2.45, 2.75) is 38.1 Å². The van der Waals surface area contributed by atoms with Crippen LogP contribution in [0, 0.1) is 5.92 Å². The van der Waals surface area contributed by atoms with E-state index in [0.29, 0.717) is 24.1 Å².